The van der Waals surface area contributed by atoms with Crippen molar-refractivity contribution in [3.63, 3.8) is 0 Å². The van der Waals surface area contributed by atoms with Crippen molar-refractivity contribution in [3.8, 4) is 12.1 Å². The number of alkyl carbamates (subject to hydrolysis) is 1. The van der Waals surface area contributed by atoms with Crippen LogP contribution in [0, 0.1) is 25.2 Å². The largest absolute Gasteiger partial charge is 0.461 e. The van der Waals surface area contributed by atoms with E-state index in [9.17, 15) is 14.9 Å². The zero-order valence-electron chi connectivity index (χ0n) is 36.2. The van der Waals surface area contributed by atoms with Gasteiger partial charge in [0, 0.05) is 43.7 Å². The third-order valence-corrected chi connectivity index (χ3v) is 12.5. The number of piperazine rings is 1. The van der Waals surface area contributed by atoms with Gasteiger partial charge in [0.1, 0.15) is 24.6 Å². The molecular formula is C46H59N9O6. The van der Waals surface area contributed by atoms with Crippen LogP contribution in [0.15, 0.2) is 42.6 Å². The molecule has 1 unspecified atom stereocenters. The predicted octanol–water partition coefficient (Wildman–Crippen LogP) is 7.66. The molecule has 3 fully saturated rings. The Balaban J connectivity index is 1.10. The third-order valence-electron chi connectivity index (χ3n) is 12.5. The minimum atomic E-state index is -0.636. The van der Waals surface area contributed by atoms with Gasteiger partial charge in [0.25, 0.3) is 0 Å². The van der Waals surface area contributed by atoms with Gasteiger partial charge in [0.15, 0.2) is 6.23 Å². The third kappa shape index (κ3) is 9.34. The Labute approximate surface area is 358 Å². The molecule has 1 saturated carbocycles. The van der Waals surface area contributed by atoms with Crippen molar-refractivity contribution in [2.24, 2.45) is 0 Å². The standard InChI is InChI=1S/C46H59N9O6/c1-31-25-38-36(26-48-55(38)39-15-9-12-24-58-39)40(32(31)2)52-21-17-35-37(28-52)49-42(60-30-46(18-10-11-19-46)51-43(56)61-45(3,4)5)50-41(35)53-22-23-54(34(27-53)16-20-47)44(57)59-29-33-13-7-6-8-14-33/h6-8,13-14,25-26,34,39H,9-12,15-19,21-24,27-30H2,1-5H3,(H,51,56)/t34-,39?/m0/s1. The number of fused-ring (bicyclic) bond motifs is 2. The van der Waals surface area contributed by atoms with Crippen LogP contribution in [-0.2, 0) is 33.8 Å². The molecule has 0 radical (unpaired) electrons. The van der Waals surface area contributed by atoms with E-state index in [1.54, 1.807) is 4.90 Å². The van der Waals surface area contributed by atoms with Gasteiger partial charge >= 0.3 is 18.2 Å². The van der Waals surface area contributed by atoms with Crippen LogP contribution >= 0.6 is 0 Å². The molecule has 15 heteroatoms. The van der Waals surface area contributed by atoms with Crippen LogP contribution in [0.1, 0.15) is 106 Å². The summed E-state index contributed by atoms with van der Waals surface area (Å²) in [5.74, 6) is 0.744. The lowest BCUT2D eigenvalue weighted by Crippen LogP contribution is -2.56. The van der Waals surface area contributed by atoms with Crippen LogP contribution in [-0.4, -0.2) is 93.4 Å². The molecule has 5 heterocycles. The first-order valence-corrected chi connectivity index (χ1v) is 21.9. The number of ether oxygens (including phenoxy) is 4. The lowest BCUT2D eigenvalue weighted by molar-refractivity contribution is -0.0366. The van der Waals surface area contributed by atoms with Gasteiger partial charge in [-0.15, -0.1) is 0 Å². The number of amides is 2. The molecule has 1 N–H and O–H groups in total. The SMILES string of the molecule is Cc1cc2c(cnn2C2CCCCO2)c(N2CCc3c(nc(OCC4(NC(=O)OC(C)(C)C)CCCC4)nc3N3CCN(C(=O)OCc4ccccc4)[C@@H](CC#N)C3)C2)c1C. The van der Waals surface area contributed by atoms with Crippen LogP contribution in [0.5, 0.6) is 6.01 Å². The van der Waals surface area contributed by atoms with Crippen LogP contribution < -0.4 is 19.9 Å². The zero-order valence-corrected chi connectivity index (χ0v) is 36.2. The highest BCUT2D eigenvalue weighted by Gasteiger charge is 2.39. The predicted molar refractivity (Wildman–Crippen MR) is 230 cm³/mol. The molecule has 4 aromatic rings. The van der Waals surface area contributed by atoms with Crippen molar-refractivity contribution >= 4 is 34.6 Å². The van der Waals surface area contributed by atoms with E-state index in [4.69, 9.17) is 34.0 Å². The van der Waals surface area contributed by atoms with Gasteiger partial charge in [0.2, 0.25) is 0 Å². The van der Waals surface area contributed by atoms with Gasteiger partial charge in [-0.05, 0) is 95.9 Å². The fraction of sp³-hybridized carbons (Fsp3) is 0.565. The number of nitrogens with zero attached hydrogens (tertiary/aromatic N) is 8. The van der Waals surface area contributed by atoms with Crippen LogP contribution in [0.2, 0.25) is 0 Å². The average Bonchev–Trinajstić information content (AvgIpc) is 3.89. The van der Waals surface area contributed by atoms with Gasteiger partial charge in [0.05, 0.1) is 53.7 Å². The molecule has 2 saturated heterocycles. The van der Waals surface area contributed by atoms with Gasteiger partial charge in [-0.25, -0.2) is 14.3 Å². The van der Waals surface area contributed by atoms with Gasteiger partial charge < -0.3 is 39.0 Å². The lowest BCUT2D eigenvalue weighted by Gasteiger charge is -2.42. The zero-order chi connectivity index (χ0) is 42.7. The molecule has 8 rings (SSSR count). The number of hydrogen-bond donors (Lipinski definition) is 1. The van der Waals surface area contributed by atoms with Crippen molar-refractivity contribution in [2.45, 2.75) is 129 Å². The molecular weight excluding hydrogens is 775 g/mol. The van der Waals surface area contributed by atoms with Crippen molar-refractivity contribution in [1.29, 1.82) is 5.26 Å². The molecule has 61 heavy (non-hydrogen) atoms. The normalized spacial score (nSPS) is 20.2. The Morgan fingerprint density at radius 2 is 1.84 bits per heavy atom. The van der Waals surface area contributed by atoms with Gasteiger partial charge in [-0.2, -0.15) is 20.3 Å². The molecule has 3 aliphatic heterocycles. The number of aryl methyl sites for hydroxylation is 1. The molecule has 4 aliphatic rings. The summed E-state index contributed by atoms with van der Waals surface area (Å²) in [6, 6.07) is 13.9. The van der Waals surface area contributed by atoms with Gasteiger partial charge in [-0.3, -0.25) is 0 Å². The number of anilines is 2. The second-order valence-electron chi connectivity index (χ2n) is 18.0. The number of nitrogens with one attached hydrogen (secondary N) is 1. The molecule has 0 bridgehead atoms. The maximum atomic E-state index is 13.5. The monoisotopic (exact) mass is 833 g/mol. The van der Waals surface area contributed by atoms with E-state index in [1.165, 1.54) is 11.1 Å². The second kappa shape index (κ2) is 17.8. The summed E-state index contributed by atoms with van der Waals surface area (Å²) >= 11 is 0. The first-order chi connectivity index (χ1) is 29.4. The van der Waals surface area contributed by atoms with Crippen LogP contribution in [0.4, 0.5) is 21.1 Å². The van der Waals surface area contributed by atoms with E-state index in [0.717, 1.165) is 97.3 Å². The molecule has 2 atom stereocenters. The number of hydrogen-bond acceptors (Lipinski definition) is 12. The summed E-state index contributed by atoms with van der Waals surface area (Å²) in [5.41, 5.74) is 6.08. The summed E-state index contributed by atoms with van der Waals surface area (Å²) in [4.78, 5) is 43.0. The van der Waals surface area contributed by atoms with E-state index < -0.39 is 29.4 Å². The number of rotatable bonds is 10. The maximum absolute atomic E-state index is 13.5. The number of nitriles is 1. The molecule has 324 valence electrons. The topological polar surface area (TPSA) is 160 Å². The molecule has 1 aliphatic carbocycles. The van der Waals surface area contributed by atoms with Crippen LogP contribution in [0.25, 0.3) is 10.9 Å². The first kappa shape index (κ1) is 42.1. The van der Waals surface area contributed by atoms with Crippen LogP contribution in [0.3, 0.4) is 0 Å². The molecule has 2 aromatic carbocycles. The number of aromatic nitrogens is 4. The highest BCUT2D eigenvalue weighted by atomic mass is 16.6. The number of carbonyl (C=O) groups is 2. The van der Waals surface area contributed by atoms with E-state index >= 15 is 0 Å². The quantitative estimate of drug-likeness (QED) is 0.166. The van der Waals surface area contributed by atoms with Crippen molar-refractivity contribution in [1.82, 2.24) is 30.0 Å². The van der Waals surface area contributed by atoms with E-state index in [1.807, 2.05) is 62.0 Å². The molecule has 2 amide bonds. The lowest BCUT2D eigenvalue weighted by atomic mass is 9.98. The van der Waals surface area contributed by atoms with E-state index in [-0.39, 0.29) is 31.9 Å². The maximum Gasteiger partial charge on any atom is 0.410 e. The smallest absolute Gasteiger partial charge is 0.410 e. The summed E-state index contributed by atoms with van der Waals surface area (Å²) in [6.07, 6.45) is 8.32. The Hall–Kier alpha value is -5.62. The Bertz CT molecular complexity index is 2260. The highest BCUT2D eigenvalue weighted by Crippen LogP contribution is 2.40. The van der Waals surface area contributed by atoms with E-state index in [0.29, 0.717) is 32.6 Å². The number of benzene rings is 2. The fourth-order valence-corrected chi connectivity index (χ4v) is 9.31. The Morgan fingerprint density at radius 1 is 1.03 bits per heavy atom. The molecule has 2 aromatic heterocycles. The molecule has 0 spiro atoms. The summed E-state index contributed by atoms with van der Waals surface area (Å²) in [7, 11) is 0. The second-order valence-corrected chi connectivity index (χ2v) is 18.0. The fourth-order valence-electron chi connectivity index (χ4n) is 9.31. The minimum Gasteiger partial charge on any atom is -0.461 e. The Kier molecular flexibility index (Phi) is 12.3. The summed E-state index contributed by atoms with van der Waals surface area (Å²) < 4.78 is 26.2. The highest BCUT2D eigenvalue weighted by molar-refractivity contribution is 5.95. The first-order valence-electron chi connectivity index (χ1n) is 21.9. The summed E-state index contributed by atoms with van der Waals surface area (Å²) in [5, 5.41) is 19.0. The van der Waals surface area contributed by atoms with E-state index in [2.05, 4.69) is 41.1 Å². The average molecular weight is 834 g/mol. The number of carbonyl (C=O) groups excluding carboxylic acids is 2. The minimum absolute atomic E-state index is 0.0812. The van der Waals surface area contributed by atoms with Crippen molar-refractivity contribution in [2.75, 3.05) is 49.2 Å². The van der Waals surface area contributed by atoms with Crippen molar-refractivity contribution in [3.05, 3.63) is 70.5 Å². The van der Waals surface area contributed by atoms with Crippen molar-refractivity contribution < 1.29 is 28.5 Å². The Morgan fingerprint density at radius 3 is 2.57 bits per heavy atom. The van der Waals surface area contributed by atoms with Gasteiger partial charge in [-0.1, -0.05) is 43.2 Å². The molecule has 15 nitrogen and oxygen atoms in total. The summed E-state index contributed by atoms with van der Waals surface area (Å²) in [6.45, 7) is 13.4.